The standard InChI is InChI=1S/C39H32N4O4S2/c1-2-47-33-19-11-9-17-28(33)25-32(41-36(44)27-15-7-4-8-16-27)37(45)40-29-21-23-30(24-22-29)48-35(26-13-5-3-6-14-26)38(46)43-39-42-31-18-10-12-20-34(31)49-39/h3-25,35H,2H2,1H3,(H,40,45)(H,41,44)(H,42,43,46)/b32-25-. The average Bonchev–Trinajstić information content (AvgIpc) is 3.55. The largest absolute Gasteiger partial charge is 0.493 e. The van der Waals surface area contributed by atoms with Crippen LogP contribution in [0.1, 0.15) is 33.7 Å². The number of nitrogens with one attached hydrogen (secondary N) is 3. The fourth-order valence-electron chi connectivity index (χ4n) is 4.93. The van der Waals surface area contributed by atoms with Crippen LogP contribution in [0.5, 0.6) is 5.75 Å². The van der Waals surface area contributed by atoms with Gasteiger partial charge in [0.25, 0.3) is 11.8 Å². The zero-order valence-electron chi connectivity index (χ0n) is 26.5. The smallest absolute Gasteiger partial charge is 0.272 e. The Balaban J connectivity index is 1.20. The highest BCUT2D eigenvalue weighted by molar-refractivity contribution is 8.00. The third-order valence-electron chi connectivity index (χ3n) is 7.28. The monoisotopic (exact) mass is 684 g/mol. The van der Waals surface area contributed by atoms with Crippen LogP contribution in [0.15, 0.2) is 144 Å². The molecule has 0 fully saturated rings. The molecule has 1 unspecified atom stereocenters. The van der Waals surface area contributed by atoms with E-state index < -0.39 is 17.1 Å². The first-order valence-corrected chi connectivity index (χ1v) is 17.3. The van der Waals surface area contributed by atoms with Crippen LogP contribution >= 0.6 is 23.1 Å². The number of amides is 3. The molecule has 0 radical (unpaired) electrons. The SMILES string of the molecule is CCOc1ccccc1/C=C(\NC(=O)c1ccccc1)C(=O)Nc1ccc(SC(C(=O)Nc2nc3ccccc3s2)c2ccccc2)cc1. The van der Waals surface area contributed by atoms with Crippen molar-refractivity contribution in [2.75, 3.05) is 17.2 Å². The maximum absolute atomic E-state index is 13.6. The van der Waals surface area contributed by atoms with Crippen molar-refractivity contribution in [3.63, 3.8) is 0 Å². The van der Waals surface area contributed by atoms with Crippen molar-refractivity contribution in [3.05, 3.63) is 156 Å². The number of carbonyl (C=O) groups is 3. The van der Waals surface area contributed by atoms with Crippen molar-refractivity contribution >= 4 is 67.9 Å². The van der Waals surface area contributed by atoms with Gasteiger partial charge in [-0.1, -0.05) is 90.2 Å². The molecule has 8 nitrogen and oxygen atoms in total. The summed E-state index contributed by atoms with van der Waals surface area (Å²) in [6.45, 7) is 2.33. The highest BCUT2D eigenvalue weighted by atomic mass is 32.2. The molecule has 10 heteroatoms. The van der Waals surface area contributed by atoms with E-state index in [0.717, 1.165) is 20.7 Å². The number of carbonyl (C=O) groups excluding carboxylic acids is 3. The molecule has 1 heterocycles. The third kappa shape index (κ3) is 8.61. The molecule has 0 spiro atoms. The van der Waals surface area contributed by atoms with Crippen molar-refractivity contribution < 1.29 is 19.1 Å². The number of para-hydroxylation sites is 2. The summed E-state index contributed by atoms with van der Waals surface area (Å²) in [5, 5.41) is 8.65. The molecule has 0 aliphatic heterocycles. The number of benzene rings is 5. The minimum absolute atomic E-state index is 0.0510. The van der Waals surface area contributed by atoms with Gasteiger partial charge in [0.15, 0.2) is 5.13 Å². The summed E-state index contributed by atoms with van der Waals surface area (Å²) in [4.78, 5) is 45.7. The molecule has 0 aliphatic carbocycles. The Labute approximate surface area is 292 Å². The lowest BCUT2D eigenvalue weighted by molar-refractivity contribution is -0.116. The van der Waals surface area contributed by atoms with Gasteiger partial charge in [-0.2, -0.15) is 0 Å². The number of ether oxygens (including phenoxy) is 1. The molecule has 1 aromatic heterocycles. The van der Waals surface area contributed by atoms with E-state index in [1.165, 1.54) is 23.1 Å². The number of rotatable bonds is 12. The van der Waals surface area contributed by atoms with Gasteiger partial charge in [-0.3, -0.25) is 14.4 Å². The molecule has 5 aromatic carbocycles. The van der Waals surface area contributed by atoms with Gasteiger partial charge in [0.05, 0.1) is 16.8 Å². The molecule has 244 valence electrons. The number of anilines is 2. The van der Waals surface area contributed by atoms with Gasteiger partial charge in [0.1, 0.15) is 16.7 Å². The van der Waals surface area contributed by atoms with Crippen molar-refractivity contribution in [2.45, 2.75) is 17.1 Å². The normalized spacial score (nSPS) is 11.8. The van der Waals surface area contributed by atoms with Gasteiger partial charge in [0.2, 0.25) is 5.91 Å². The number of nitrogens with zero attached hydrogens (tertiary/aromatic N) is 1. The van der Waals surface area contributed by atoms with Crippen LogP contribution in [-0.2, 0) is 9.59 Å². The average molecular weight is 685 g/mol. The van der Waals surface area contributed by atoms with Gasteiger partial charge in [-0.25, -0.2) is 4.98 Å². The summed E-state index contributed by atoms with van der Waals surface area (Å²) in [5.41, 5.74) is 3.31. The molecular weight excluding hydrogens is 653 g/mol. The molecule has 0 bridgehead atoms. The molecule has 6 aromatic rings. The van der Waals surface area contributed by atoms with E-state index >= 15 is 0 Å². The number of hydrogen-bond donors (Lipinski definition) is 3. The van der Waals surface area contributed by atoms with Crippen LogP contribution in [0.3, 0.4) is 0 Å². The first-order valence-electron chi connectivity index (χ1n) is 15.6. The van der Waals surface area contributed by atoms with E-state index in [-0.39, 0.29) is 11.6 Å². The molecule has 0 saturated heterocycles. The third-order valence-corrected chi connectivity index (χ3v) is 9.50. The van der Waals surface area contributed by atoms with Crippen LogP contribution in [0.2, 0.25) is 0 Å². The molecule has 6 rings (SSSR count). The van der Waals surface area contributed by atoms with Crippen LogP contribution in [0.4, 0.5) is 10.8 Å². The quantitative estimate of drug-likeness (QED) is 0.0880. The summed E-state index contributed by atoms with van der Waals surface area (Å²) in [5.74, 6) is -0.526. The second-order valence-electron chi connectivity index (χ2n) is 10.7. The van der Waals surface area contributed by atoms with E-state index in [2.05, 4.69) is 20.9 Å². The van der Waals surface area contributed by atoms with Crippen LogP contribution in [0.25, 0.3) is 16.3 Å². The van der Waals surface area contributed by atoms with Gasteiger partial charge >= 0.3 is 0 Å². The molecule has 49 heavy (non-hydrogen) atoms. The highest BCUT2D eigenvalue weighted by Crippen LogP contribution is 2.37. The summed E-state index contributed by atoms with van der Waals surface area (Å²) in [6.07, 6.45) is 1.60. The lowest BCUT2D eigenvalue weighted by Gasteiger charge is -2.17. The van der Waals surface area contributed by atoms with Crippen molar-refractivity contribution in [3.8, 4) is 5.75 Å². The Hall–Kier alpha value is -5.71. The van der Waals surface area contributed by atoms with E-state index in [0.29, 0.717) is 34.3 Å². The van der Waals surface area contributed by atoms with Crippen LogP contribution in [0, 0.1) is 0 Å². The predicted molar refractivity (Wildman–Crippen MR) is 198 cm³/mol. The lowest BCUT2D eigenvalue weighted by atomic mass is 10.1. The van der Waals surface area contributed by atoms with Crippen molar-refractivity contribution in [2.24, 2.45) is 0 Å². The van der Waals surface area contributed by atoms with Gasteiger partial charge in [-0.05, 0) is 73.2 Å². The Morgan fingerprint density at radius 3 is 2.20 bits per heavy atom. The van der Waals surface area contributed by atoms with Crippen molar-refractivity contribution in [1.82, 2.24) is 10.3 Å². The minimum atomic E-state index is -0.554. The molecule has 1 atom stereocenters. The summed E-state index contributed by atoms with van der Waals surface area (Å²) in [7, 11) is 0. The molecular formula is C39H32N4O4S2. The van der Waals surface area contributed by atoms with Gasteiger partial charge in [-0.15, -0.1) is 11.8 Å². The predicted octanol–water partition coefficient (Wildman–Crippen LogP) is 8.58. The Kier molecular flexibility index (Phi) is 10.8. The Morgan fingerprint density at radius 2 is 1.47 bits per heavy atom. The fraction of sp³-hybridized carbons (Fsp3) is 0.0769. The zero-order valence-corrected chi connectivity index (χ0v) is 28.1. The number of thiazole rings is 1. The lowest BCUT2D eigenvalue weighted by Crippen LogP contribution is -2.30. The van der Waals surface area contributed by atoms with E-state index in [9.17, 15) is 14.4 Å². The topological polar surface area (TPSA) is 109 Å². The summed E-state index contributed by atoms with van der Waals surface area (Å²) in [6, 6.07) is 40.5. The zero-order chi connectivity index (χ0) is 34.0. The second kappa shape index (κ2) is 15.9. The molecule has 3 amide bonds. The Bertz CT molecular complexity index is 2070. The summed E-state index contributed by atoms with van der Waals surface area (Å²) < 4.78 is 6.74. The molecule has 0 saturated carbocycles. The van der Waals surface area contributed by atoms with Crippen LogP contribution in [-0.4, -0.2) is 29.3 Å². The highest BCUT2D eigenvalue weighted by Gasteiger charge is 2.24. The molecule has 3 N–H and O–H groups in total. The first kappa shape index (κ1) is 33.2. The maximum atomic E-state index is 13.6. The first-order chi connectivity index (χ1) is 24.0. The number of fused-ring (bicyclic) bond motifs is 1. The maximum Gasteiger partial charge on any atom is 0.272 e. The Morgan fingerprint density at radius 1 is 0.796 bits per heavy atom. The van der Waals surface area contributed by atoms with Crippen LogP contribution < -0.4 is 20.7 Å². The van der Waals surface area contributed by atoms with E-state index in [1.807, 2.05) is 104 Å². The van der Waals surface area contributed by atoms with E-state index in [1.54, 1.807) is 42.5 Å². The number of thioether (sulfide) groups is 1. The van der Waals surface area contributed by atoms with Crippen molar-refractivity contribution in [1.29, 1.82) is 0 Å². The van der Waals surface area contributed by atoms with E-state index in [4.69, 9.17) is 4.74 Å². The fourth-order valence-corrected chi connectivity index (χ4v) is 6.83. The summed E-state index contributed by atoms with van der Waals surface area (Å²) >= 11 is 2.82. The molecule has 0 aliphatic rings. The minimum Gasteiger partial charge on any atom is -0.493 e. The van der Waals surface area contributed by atoms with Gasteiger partial charge in [0, 0.05) is 21.7 Å². The van der Waals surface area contributed by atoms with Gasteiger partial charge < -0.3 is 20.7 Å². The number of hydrogen-bond acceptors (Lipinski definition) is 7. The number of aromatic nitrogens is 1. The second-order valence-corrected chi connectivity index (χ2v) is 12.9.